The van der Waals surface area contributed by atoms with Crippen LogP contribution in [0.3, 0.4) is 0 Å². The zero-order chi connectivity index (χ0) is 20.1. The monoisotopic (exact) mass is 395 g/mol. The van der Waals surface area contributed by atoms with Crippen LogP contribution in [0.1, 0.15) is 12.0 Å². The third-order valence-electron chi connectivity index (χ3n) is 5.70. The van der Waals surface area contributed by atoms with E-state index in [0.29, 0.717) is 13.0 Å². The average molecular weight is 396 g/mol. The van der Waals surface area contributed by atoms with E-state index in [1.807, 2.05) is 36.4 Å². The van der Waals surface area contributed by atoms with E-state index in [1.165, 1.54) is 5.69 Å². The number of nitrogens with one attached hydrogen (secondary N) is 1. The zero-order valence-electron chi connectivity index (χ0n) is 17.0. The lowest BCUT2D eigenvalue weighted by Crippen LogP contribution is -2.47. The Morgan fingerprint density at radius 1 is 1.10 bits per heavy atom. The lowest BCUT2D eigenvalue weighted by atomic mass is 10.1. The van der Waals surface area contributed by atoms with Crippen molar-refractivity contribution in [2.24, 2.45) is 0 Å². The average Bonchev–Trinajstić information content (AvgIpc) is 3.22. The molecule has 0 spiro atoms. The molecule has 4 rings (SSSR count). The Morgan fingerprint density at radius 2 is 1.86 bits per heavy atom. The Morgan fingerprint density at radius 3 is 2.59 bits per heavy atom. The fraction of sp³-hybridized carbons (Fsp3) is 0.435. The molecule has 1 amide bonds. The van der Waals surface area contributed by atoms with Crippen molar-refractivity contribution in [3.8, 4) is 11.5 Å². The summed E-state index contributed by atoms with van der Waals surface area (Å²) >= 11 is 0. The summed E-state index contributed by atoms with van der Waals surface area (Å²) in [5.41, 5.74) is 2.36. The van der Waals surface area contributed by atoms with Crippen molar-refractivity contribution in [2.75, 3.05) is 51.3 Å². The number of nitrogens with zero attached hydrogens (tertiary/aromatic N) is 2. The molecule has 1 N–H and O–H groups in total. The number of fused-ring (bicyclic) bond motifs is 1. The van der Waals surface area contributed by atoms with Crippen LogP contribution < -0.4 is 19.7 Å². The highest BCUT2D eigenvalue weighted by molar-refractivity contribution is 5.82. The minimum atomic E-state index is -0.388. The maximum Gasteiger partial charge on any atom is 0.261 e. The van der Waals surface area contributed by atoms with Gasteiger partial charge in [-0.1, -0.05) is 18.2 Å². The lowest BCUT2D eigenvalue weighted by Gasteiger charge is -2.36. The van der Waals surface area contributed by atoms with Crippen molar-refractivity contribution in [1.29, 1.82) is 0 Å². The van der Waals surface area contributed by atoms with Crippen molar-refractivity contribution < 1.29 is 14.3 Å². The van der Waals surface area contributed by atoms with Gasteiger partial charge in [-0.25, -0.2) is 0 Å². The fourth-order valence-corrected chi connectivity index (χ4v) is 3.98. The molecule has 6 heteroatoms. The maximum absolute atomic E-state index is 12.3. The standard InChI is InChI=1S/C23H29N3O3/c1-28-20-9-7-19(8-10-20)26-15-13-25(14-16-26)12-4-11-24-23(27)22-17-18-5-2-3-6-21(18)29-22/h2-3,5-10,22H,4,11-17H2,1H3,(H,24,27)/t22-/m1/s1. The molecular weight excluding hydrogens is 366 g/mol. The van der Waals surface area contributed by atoms with Crippen LogP contribution in [0.5, 0.6) is 11.5 Å². The SMILES string of the molecule is COc1ccc(N2CCN(CCCNC(=O)[C@H]3Cc4ccccc4O3)CC2)cc1. The molecule has 1 atom stereocenters. The molecule has 2 aromatic rings. The fourth-order valence-electron chi connectivity index (χ4n) is 3.98. The highest BCUT2D eigenvalue weighted by Crippen LogP contribution is 2.28. The van der Waals surface area contributed by atoms with Crippen molar-refractivity contribution in [2.45, 2.75) is 18.9 Å². The third-order valence-corrected chi connectivity index (χ3v) is 5.70. The van der Waals surface area contributed by atoms with Crippen LogP contribution in [0.15, 0.2) is 48.5 Å². The second kappa shape index (κ2) is 9.18. The van der Waals surface area contributed by atoms with E-state index in [0.717, 1.165) is 56.2 Å². The number of piperazine rings is 1. The molecular formula is C23H29N3O3. The van der Waals surface area contributed by atoms with Crippen LogP contribution >= 0.6 is 0 Å². The van der Waals surface area contributed by atoms with Gasteiger partial charge in [0, 0.05) is 44.8 Å². The first-order chi connectivity index (χ1) is 14.2. The van der Waals surface area contributed by atoms with E-state index in [1.54, 1.807) is 7.11 Å². The first-order valence-electron chi connectivity index (χ1n) is 10.4. The Kier molecular flexibility index (Phi) is 6.20. The molecule has 2 aromatic carbocycles. The van der Waals surface area contributed by atoms with Gasteiger partial charge >= 0.3 is 0 Å². The van der Waals surface area contributed by atoms with Gasteiger partial charge in [-0.2, -0.15) is 0 Å². The molecule has 0 aliphatic carbocycles. The van der Waals surface area contributed by atoms with Crippen LogP contribution in [0, 0.1) is 0 Å². The molecule has 1 fully saturated rings. The van der Waals surface area contributed by atoms with E-state index in [-0.39, 0.29) is 12.0 Å². The number of ether oxygens (including phenoxy) is 2. The second-order valence-corrected chi connectivity index (χ2v) is 7.59. The first-order valence-corrected chi connectivity index (χ1v) is 10.4. The van der Waals surface area contributed by atoms with Crippen molar-refractivity contribution in [3.05, 3.63) is 54.1 Å². The maximum atomic E-state index is 12.3. The predicted molar refractivity (Wildman–Crippen MR) is 114 cm³/mol. The van der Waals surface area contributed by atoms with Gasteiger partial charge in [0.05, 0.1) is 7.11 Å². The smallest absolute Gasteiger partial charge is 0.261 e. The van der Waals surface area contributed by atoms with E-state index in [4.69, 9.17) is 9.47 Å². The van der Waals surface area contributed by atoms with Crippen molar-refractivity contribution in [1.82, 2.24) is 10.2 Å². The molecule has 0 unspecified atom stereocenters. The zero-order valence-corrected chi connectivity index (χ0v) is 17.0. The van der Waals surface area contributed by atoms with E-state index < -0.39 is 0 Å². The molecule has 6 nitrogen and oxygen atoms in total. The van der Waals surface area contributed by atoms with Crippen LogP contribution in [-0.2, 0) is 11.2 Å². The van der Waals surface area contributed by atoms with Crippen LogP contribution in [0.2, 0.25) is 0 Å². The molecule has 154 valence electrons. The topological polar surface area (TPSA) is 54.0 Å². The molecule has 0 radical (unpaired) electrons. The van der Waals surface area contributed by atoms with Crippen molar-refractivity contribution in [3.63, 3.8) is 0 Å². The number of amides is 1. The summed E-state index contributed by atoms with van der Waals surface area (Å²) in [6, 6.07) is 16.1. The van der Waals surface area contributed by atoms with Gasteiger partial charge in [-0.3, -0.25) is 9.69 Å². The quantitative estimate of drug-likeness (QED) is 0.730. The summed E-state index contributed by atoms with van der Waals surface area (Å²) < 4.78 is 11.0. The van der Waals surface area contributed by atoms with Crippen LogP contribution in [0.25, 0.3) is 0 Å². The molecule has 29 heavy (non-hydrogen) atoms. The Balaban J connectivity index is 1.13. The summed E-state index contributed by atoms with van der Waals surface area (Å²) in [6.07, 6.45) is 1.23. The number of hydrogen-bond acceptors (Lipinski definition) is 5. The predicted octanol–water partition coefficient (Wildman–Crippen LogP) is 2.33. The minimum absolute atomic E-state index is 0.00877. The van der Waals surface area contributed by atoms with Crippen LogP contribution in [0.4, 0.5) is 5.69 Å². The molecule has 2 aliphatic heterocycles. The highest BCUT2D eigenvalue weighted by atomic mass is 16.5. The molecule has 0 saturated carbocycles. The second-order valence-electron chi connectivity index (χ2n) is 7.59. The summed E-state index contributed by atoms with van der Waals surface area (Å²) in [4.78, 5) is 17.2. The van der Waals surface area contributed by atoms with Gasteiger partial charge in [-0.15, -0.1) is 0 Å². The first kappa shape index (κ1) is 19.6. The number of carbonyl (C=O) groups excluding carboxylic acids is 1. The summed E-state index contributed by atoms with van der Waals surface area (Å²) in [5.74, 6) is 1.72. The van der Waals surface area contributed by atoms with Gasteiger partial charge in [0.25, 0.3) is 5.91 Å². The number of hydrogen-bond donors (Lipinski definition) is 1. The number of anilines is 1. The van der Waals surface area contributed by atoms with Crippen molar-refractivity contribution >= 4 is 11.6 Å². The molecule has 2 aliphatic rings. The summed E-state index contributed by atoms with van der Waals surface area (Å²) in [7, 11) is 1.69. The lowest BCUT2D eigenvalue weighted by molar-refractivity contribution is -0.127. The number of carbonyl (C=O) groups is 1. The van der Waals surface area contributed by atoms with Gasteiger partial charge < -0.3 is 19.7 Å². The summed E-state index contributed by atoms with van der Waals surface area (Å²) in [6.45, 7) is 5.82. The number of methoxy groups -OCH3 is 1. The third kappa shape index (κ3) is 4.82. The molecule has 1 saturated heterocycles. The van der Waals surface area contributed by atoms with Gasteiger partial charge in [-0.05, 0) is 48.9 Å². The Hall–Kier alpha value is -2.73. The summed E-state index contributed by atoms with van der Waals surface area (Å²) in [5, 5.41) is 3.03. The van der Waals surface area contributed by atoms with E-state index in [9.17, 15) is 4.79 Å². The minimum Gasteiger partial charge on any atom is -0.497 e. The molecule has 0 aromatic heterocycles. The number of rotatable bonds is 7. The number of benzene rings is 2. The number of para-hydroxylation sites is 1. The van der Waals surface area contributed by atoms with E-state index in [2.05, 4.69) is 27.2 Å². The van der Waals surface area contributed by atoms with E-state index >= 15 is 0 Å². The van der Waals surface area contributed by atoms with Gasteiger partial charge in [0.1, 0.15) is 11.5 Å². The molecule has 2 heterocycles. The Bertz CT molecular complexity index is 791. The Labute approximate surface area is 172 Å². The van der Waals surface area contributed by atoms with Gasteiger partial charge in [0.15, 0.2) is 6.10 Å². The molecule has 0 bridgehead atoms. The largest absolute Gasteiger partial charge is 0.497 e. The highest BCUT2D eigenvalue weighted by Gasteiger charge is 2.28. The normalized spacial score (nSPS) is 18.8. The van der Waals surface area contributed by atoms with Crippen LogP contribution in [-0.4, -0.2) is 63.3 Å². The van der Waals surface area contributed by atoms with Gasteiger partial charge in [0.2, 0.25) is 0 Å².